The summed E-state index contributed by atoms with van der Waals surface area (Å²) in [5.41, 5.74) is -0.411. The molecule has 0 N–H and O–H groups in total. The number of ketones is 1. The lowest BCUT2D eigenvalue weighted by Crippen LogP contribution is -2.37. The molecule has 2 aromatic rings. The lowest BCUT2D eigenvalue weighted by atomic mass is 10.1. The van der Waals surface area contributed by atoms with Crippen LogP contribution in [0.4, 0.5) is 13.2 Å². The number of halogens is 3. The molecule has 2 fully saturated rings. The van der Waals surface area contributed by atoms with Crippen LogP contribution in [0.2, 0.25) is 0 Å². The van der Waals surface area contributed by atoms with Gasteiger partial charge in [-0.05, 0) is 30.3 Å². The highest BCUT2D eigenvalue weighted by Gasteiger charge is 2.44. The van der Waals surface area contributed by atoms with Crippen LogP contribution in [0.1, 0.15) is 12.1 Å². The van der Waals surface area contributed by atoms with Crippen LogP contribution in [0.15, 0.2) is 35.5 Å². The van der Waals surface area contributed by atoms with Gasteiger partial charge in [0.15, 0.2) is 10.9 Å². The Hall–Kier alpha value is -2.17. The van der Waals surface area contributed by atoms with Crippen LogP contribution in [0.25, 0.3) is 11.3 Å². The topological polar surface area (TPSA) is 70.5 Å². The molecule has 1 aromatic heterocycles. The number of fused-ring (bicyclic) bond motifs is 2. The third kappa shape index (κ3) is 3.85. The number of thioether (sulfide) groups is 1. The Balaban J connectivity index is 1.67. The predicted molar refractivity (Wildman–Crippen MR) is 92.9 cm³/mol. The number of rotatable bonds is 4. The molecule has 2 saturated heterocycles. The maximum absolute atomic E-state index is 13.4. The number of aromatic nitrogens is 2. The minimum Gasteiger partial charge on any atom is -0.497 e. The van der Waals surface area contributed by atoms with Crippen molar-refractivity contribution in [3.8, 4) is 17.0 Å². The molecule has 3 unspecified atom stereocenters. The van der Waals surface area contributed by atoms with Crippen LogP contribution in [0, 0.1) is 0 Å². The van der Waals surface area contributed by atoms with E-state index in [1.807, 2.05) is 0 Å². The van der Waals surface area contributed by atoms with Crippen molar-refractivity contribution in [3.05, 3.63) is 36.0 Å². The number of hydrogen-bond acceptors (Lipinski definition) is 7. The number of nitrogens with zero attached hydrogens (tertiary/aromatic N) is 2. The fraction of sp³-hybridized carbons (Fsp3) is 0.389. The molecule has 0 aliphatic carbocycles. The Kier molecular flexibility index (Phi) is 5.02. The van der Waals surface area contributed by atoms with Crippen LogP contribution in [0.3, 0.4) is 0 Å². The summed E-state index contributed by atoms with van der Waals surface area (Å²) in [5, 5.41) is -0.467. The molecular weight excluding hydrogens is 397 g/mol. The molecule has 2 aliphatic rings. The number of methoxy groups -OCH3 is 1. The van der Waals surface area contributed by atoms with Crippen molar-refractivity contribution in [2.75, 3.05) is 13.7 Å². The van der Waals surface area contributed by atoms with Crippen molar-refractivity contribution in [1.82, 2.24) is 9.97 Å². The van der Waals surface area contributed by atoms with Gasteiger partial charge in [-0.3, -0.25) is 4.79 Å². The van der Waals surface area contributed by atoms with Crippen LogP contribution < -0.4 is 4.74 Å². The van der Waals surface area contributed by atoms with Crippen molar-refractivity contribution < 1.29 is 32.2 Å². The number of ether oxygens (including phenoxy) is 3. The van der Waals surface area contributed by atoms with E-state index in [2.05, 4.69) is 9.97 Å². The number of benzene rings is 1. The molecule has 4 rings (SSSR count). The molecule has 0 radical (unpaired) electrons. The van der Waals surface area contributed by atoms with Gasteiger partial charge in [-0.2, -0.15) is 13.2 Å². The monoisotopic (exact) mass is 412 g/mol. The number of carbonyl (C=O) groups excluding carboxylic acids is 1. The lowest BCUT2D eigenvalue weighted by molar-refractivity contribution is -0.151. The minimum atomic E-state index is -4.63. The zero-order valence-corrected chi connectivity index (χ0v) is 15.4. The summed E-state index contributed by atoms with van der Waals surface area (Å²) in [4.78, 5) is 19.9. The molecule has 3 atom stereocenters. The summed E-state index contributed by atoms with van der Waals surface area (Å²) >= 11 is 1.00. The van der Waals surface area contributed by atoms with Crippen molar-refractivity contribution >= 4 is 17.5 Å². The van der Waals surface area contributed by atoms with Gasteiger partial charge in [0.25, 0.3) is 0 Å². The first-order valence-corrected chi connectivity index (χ1v) is 9.28. The molecule has 6 nitrogen and oxygen atoms in total. The van der Waals surface area contributed by atoms with Crippen molar-refractivity contribution in [2.24, 2.45) is 0 Å². The van der Waals surface area contributed by atoms with Crippen LogP contribution in [0.5, 0.6) is 5.75 Å². The van der Waals surface area contributed by atoms with Crippen molar-refractivity contribution in [2.45, 2.75) is 35.4 Å². The highest BCUT2D eigenvalue weighted by Crippen LogP contribution is 2.38. The van der Waals surface area contributed by atoms with Crippen LogP contribution in [-0.4, -0.2) is 47.1 Å². The number of hydrogen-bond donors (Lipinski definition) is 0. The Morgan fingerprint density at radius 3 is 2.64 bits per heavy atom. The van der Waals surface area contributed by atoms with E-state index in [9.17, 15) is 18.0 Å². The molecule has 2 bridgehead atoms. The van der Waals surface area contributed by atoms with Crippen molar-refractivity contribution in [3.63, 3.8) is 0 Å². The zero-order valence-electron chi connectivity index (χ0n) is 14.6. The van der Waals surface area contributed by atoms with Gasteiger partial charge < -0.3 is 14.2 Å². The smallest absolute Gasteiger partial charge is 0.433 e. The first kappa shape index (κ1) is 19.2. The average molecular weight is 412 g/mol. The van der Waals surface area contributed by atoms with Gasteiger partial charge in [-0.15, -0.1) is 0 Å². The molecule has 148 valence electrons. The Bertz CT molecular complexity index is 891. The summed E-state index contributed by atoms with van der Waals surface area (Å²) in [6.45, 7) is 0.221. The summed E-state index contributed by atoms with van der Waals surface area (Å²) in [5.74, 6) is 0.353. The summed E-state index contributed by atoms with van der Waals surface area (Å²) in [7, 11) is 1.50. The maximum atomic E-state index is 13.4. The van der Waals surface area contributed by atoms with E-state index in [1.54, 1.807) is 24.3 Å². The highest BCUT2D eigenvalue weighted by molar-refractivity contribution is 7.99. The Morgan fingerprint density at radius 2 is 1.96 bits per heavy atom. The third-order valence-corrected chi connectivity index (χ3v) is 5.60. The minimum absolute atomic E-state index is 0.0626. The van der Waals surface area contributed by atoms with E-state index >= 15 is 0 Å². The van der Waals surface area contributed by atoms with E-state index in [1.165, 1.54) is 7.11 Å². The van der Waals surface area contributed by atoms with Gasteiger partial charge in [0, 0.05) is 17.2 Å². The van der Waals surface area contributed by atoms with E-state index < -0.39 is 23.4 Å². The van der Waals surface area contributed by atoms with E-state index in [0.717, 1.165) is 17.8 Å². The standard InChI is InChI=1S/C18H15F3N2O4S/c1-25-10-4-2-9(3-5-10)11-6-15(18(19,20)21)23-17(22-11)28-14-7-12(24)16-26-8-13(14)27-16/h2-6,13-14,16H,7-8H2,1H3. The Morgan fingerprint density at radius 1 is 1.21 bits per heavy atom. The molecular formula is C18H15F3N2O4S. The summed E-state index contributed by atoms with van der Waals surface area (Å²) in [6.07, 6.45) is -5.73. The number of carbonyl (C=O) groups is 1. The molecule has 0 saturated carbocycles. The molecule has 3 heterocycles. The summed E-state index contributed by atoms with van der Waals surface area (Å²) < 4.78 is 55.8. The van der Waals surface area contributed by atoms with Crippen molar-refractivity contribution in [1.29, 1.82) is 0 Å². The van der Waals surface area contributed by atoms with Gasteiger partial charge in [0.2, 0.25) is 6.29 Å². The molecule has 0 amide bonds. The van der Waals surface area contributed by atoms with Crippen LogP contribution in [-0.2, 0) is 20.4 Å². The quantitative estimate of drug-likeness (QED) is 0.714. The van der Waals surface area contributed by atoms with Crippen LogP contribution >= 0.6 is 11.8 Å². The highest BCUT2D eigenvalue weighted by atomic mass is 32.2. The van der Waals surface area contributed by atoms with Gasteiger partial charge in [-0.1, -0.05) is 11.8 Å². The van der Waals surface area contributed by atoms with E-state index in [0.29, 0.717) is 11.3 Å². The molecule has 2 aliphatic heterocycles. The van der Waals surface area contributed by atoms with Gasteiger partial charge in [-0.25, -0.2) is 9.97 Å². The van der Waals surface area contributed by atoms with Gasteiger partial charge in [0.05, 0.1) is 25.5 Å². The average Bonchev–Trinajstić information content (AvgIpc) is 3.11. The van der Waals surface area contributed by atoms with Gasteiger partial charge in [0.1, 0.15) is 11.4 Å². The molecule has 1 aromatic carbocycles. The zero-order chi connectivity index (χ0) is 19.9. The van der Waals surface area contributed by atoms with Gasteiger partial charge >= 0.3 is 6.18 Å². The first-order chi connectivity index (χ1) is 13.3. The maximum Gasteiger partial charge on any atom is 0.433 e. The summed E-state index contributed by atoms with van der Waals surface area (Å²) in [6, 6.07) is 7.43. The Labute approximate surface area is 162 Å². The largest absolute Gasteiger partial charge is 0.497 e. The lowest BCUT2D eigenvalue weighted by Gasteiger charge is -2.25. The number of Topliss-reactive ketones (excluding diaryl/α,β-unsaturated/α-hetero) is 1. The molecule has 0 spiro atoms. The second-order valence-corrected chi connectivity index (χ2v) is 7.52. The SMILES string of the molecule is COc1ccc(-c2cc(C(F)(F)F)nc(SC3CC(=O)C4OCC3O4)n2)cc1. The normalized spacial score (nSPS) is 24.4. The second-order valence-electron chi connectivity index (χ2n) is 6.31. The van der Waals surface area contributed by atoms with E-state index in [4.69, 9.17) is 14.2 Å². The van der Waals surface area contributed by atoms with E-state index in [-0.39, 0.29) is 35.8 Å². The fourth-order valence-electron chi connectivity index (χ4n) is 2.99. The molecule has 10 heteroatoms. The fourth-order valence-corrected chi connectivity index (χ4v) is 4.11. The first-order valence-electron chi connectivity index (χ1n) is 8.40. The third-order valence-electron chi connectivity index (χ3n) is 4.43. The predicted octanol–water partition coefficient (Wildman–Crippen LogP) is 3.35. The molecule has 28 heavy (non-hydrogen) atoms. The number of alkyl halides is 3. The second kappa shape index (κ2) is 7.34.